The van der Waals surface area contributed by atoms with Gasteiger partial charge in [0.05, 0.1) is 0 Å². The van der Waals surface area contributed by atoms with Crippen molar-refractivity contribution in [3.63, 3.8) is 0 Å². The smallest absolute Gasteiger partial charge is 0.247 e. The summed E-state index contributed by atoms with van der Waals surface area (Å²) in [7, 11) is 0. The Morgan fingerprint density at radius 2 is 1.78 bits per heavy atom. The van der Waals surface area contributed by atoms with E-state index in [-0.39, 0.29) is 5.92 Å². The predicted octanol–water partition coefficient (Wildman–Crippen LogP) is 3.16. The molecule has 5 nitrogen and oxygen atoms in total. The Balaban J connectivity index is 1.41. The average molecular weight is 311 g/mol. The Kier molecular flexibility index (Phi) is 3.63. The Hall–Kier alpha value is -2.17. The normalized spacial score (nSPS) is 19.1. The van der Waals surface area contributed by atoms with E-state index in [4.69, 9.17) is 4.42 Å². The predicted molar refractivity (Wildman–Crippen MR) is 85.8 cm³/mol. The molecule has 23 heavy (non-hydrogen) atoms. The molecule has 0 unspecified atom stereocenters. The zero-order valence-corrected chi connectivity index (χ0v) is 13.4. The monoisotopic (exact) mass is 311 g/mol. The summed E-state index contributed by atoms with van der Waals surface area (Å²) in [5.41, 5.74) is 2.16. The van der Waals surface area contributed by atoms with E-state index in [2.05, 4.69) is 17.1 Å². The largest absolute Gasteiger partial charge is 0.420 e. The quantitative estimate of drug-likeness (QED) is 0.873. The minimum Gasteiger partial charge on any atom is -0.420 e. The van der Waals surface area contributed by atoms with E-state index in [0.29, 0.717) is 23.6 Å². The van der Waals surface area contributed by atoms with Crippen LogP contribution in [0.1, 0.15) is 43.1 Å². The fourth-order valence-electron chi connectivity index (χ4n) is 3.15. The van der Waals surface area contributed by atoms with Crippen LogP contribution in [-0.4, -0.2) is 34.1 Å². The molecule has 1 saturated carbocycles. The van der Waals surface area contributed by atoms with Crippen molar-refractivity contribution in [2.45, 2.75) is 38.5 Å². The SMILES string of the molecule is Cc1ccc(-c2nnc(C3CCN(C(=O)C4CC4)CC3)o2)cc1. The molecule has 0 bridgehead atoms. The fraction of sp³-hybridized carbons (Fsp3) is 0.500. The zero-order valence-electron chi connectivity index (χ0n) is 13.4. The van der Waals surface area contributed by atoms with Crippen LogP contribution in [0.25, 0.3) is 11.5 Å². The molecule has 0 atom stereocenters. The number of aromatic nitrogens is 2. The molecule has 2 heterocycles. The maximum Gasteiger partial charge on any atom is 0.247 e. The lowest BCUT2D eigenvalue weighted by atomic mass is 9.96. The summed E-state index contributed by atoms with van der Waals surface area (Å²) in [5.74, 6) is 2.21. The van der Waals surface area contributed by atoms with Crippen molar-refractivity contribution < 1.29 is 9.21 Å². The molecular weight excluding hydrogens is 290 g/mol. The first-order valence-electron chi connectivity index (χ1n) is 8.40. The van der Waals surface area contributed by atoms with Crippen LogP contribution in [0.5, 0.6) is 0 Å². The Morgan fingerprint density at radius 1 is 1.09 bits per heavy atom. The number of carbonyl (C=O) groups is 1. The molecule has 2 fully saturated rings. The molecule has 1 saturated heterocycles. The number of hydrogen-bond acceptors (Lipinski definition) is 4. The van der Waals surface area contributed by atoms with E-state index in [0.717, 1.165) is 44.3 Å². The third-order valence-electron chi connectivity index (χ3n) is 4.82. The number of piperidine rings is 1. The number of benzene rings is 1. The highest BCUT2D eigenvalue weighted by Crippen LogP contribution is 2.34. The van der Waals surface area contributed by atoms with E-state index in [1.807, 2.05) is 29.2 Å². The highest BCUT2D eigenvalue weighted by molar-refractivity contribution is 5.81. The number of likely N-dealkylation sites (tertiary alicyclic amines) is 1. The van der Waals surface area contributed by atoms with Crippen LogP contribution in [0.2, 0.25) is 0 Å². The number of amides is 1. The molecule has 1 aliphatic carbocycles. The van der Waals surface area contributed by atoms with Gasteiger partial charge in [0.2, 0.25) is 17.7 Å². The van der Waals surface area contributed by atoms with E-state index < -0.39 is 0 Å². The second-order valence-electron chi connectivity index (χ2n) is 6.69. The molecule has 1 amide bonds. The number of aryl methyl sites for hydroxylation is 1. The molecule has 1 aromatic carbocycles. The van der Waals surface area contributed by atoms with Crippen LogP contribution in [0.15, 0.2) is 28.7 Å². The van der Waals surface area contributed by atoms with Crippen molar-refractivity contribution in [2.24, 2.45) is 5.92 Å². The van der Waals surface area contributed by atoms with Crippen molar-refractivity contribution >= 4 is 5.91 Å². The second kappa shape index (κ2) is 5.80. The van der Waals surface area contributed by atoms with Crippen LogP contribution in [0.4, 0.5) is 0 Å². The summed E-state index contributed by atoms with van der Waals surface area (Å²) < 4.78 is 5.88. The topological polar surface area (TPSA) is 59.2 Å². The number of rotatable bonds is 3. The summed E-state index contributed by atoms with van der Waals surface area (Å²) in [6, 6.07) is 8.09. The average Bonchev–Trinajstić information content (AvgIpc) is 3.32. The molecule has 4 rings (SSSR count). The molecular formula is C18H21N3O2. The second-order valence-corrected chi connectivity index (χ2v) is 6.69. The van der Waals surface area contributed by atoms with Crippen LogP contribution in [-0.2, 0) is 4.79 Å². The third kappa shape index (κ3) is 3.00. The standard InChI is InChI=1S/C18H21N3O2/c1-12-2-4-13(5-3-12)16-19-20-17(23-16)14-8-10-21(11-9-14)18(22)15-6-7-15/h2-5,14-15H,6-11H2,1H3. The van der Waals surface area contributed by atoms with Gasteiger partial charge in [-0.05, 0) is 44.7 Å². The van der Waals surface area contributed by atoms with Gasteiger partial charge in [0.1, 0.15) is 0 Å². The van der Waals surface area contributed by atoms with E-state index in [1.165, 1.54) is 5.56 Å². The Bertz CT molecular complexity index is 695. The fourth-order valence-corrected chi connectivity index (χ4v) is 3.15. The van der Waals surface area contributed by atoms with Gasteiger partial charge in [-0.15, -0.1) is 10.2 Å². The van der Waals surface area contributed by atoms with Gasteiger partial charge in [-0.2, -0.15) is 0 Å². The minimum atomic E-state index is 0.268. The van der Waals surface area contributed by atoms with E-state index >= 15 is 0 Å². The van der Waals surface area contributed by atoms with Gasteiger partial charge in [0.15, 0.2) is 0 Å². The van der Waals surface area contributed by atoms with Gasteiger partial charge in [0, 0.05) is 30.5 Å². The lowest BCUT2D eigenvalue weighted by molar-refractivity contribution is -0.133. The maximum absolute atomic E-state index is 12.1. The zero-order chi connectivity index (χ0) is 15.8. The number of hydrogen-bond donors (Lipinski definition) is 0. The lowest BCUT2D eigenvalue weighted by Gasteiger charge is -2.30. The van der Waals surface area contributed by atoms with Gasteiger partial charge in [-0.25, -0.2) is 0 Å². The van der Waals surface area contributed by atoms with Crippen molar-refractivity contribution in [1.82, 2.24) is 15.1 Å². The summed E-state index contributed by atoms with van der Waals surface area (Å²) >= 11 is 0. The summed E-state index contributed by atoms with van der Waals surface area (Å²) in [6.45, 7) is 3.67. The summed E-state index contributed by atoms with van der Waals surface area (Å²) in [4.78, 5) is 14.1. The van der Waals surface area contributed by atoms with Crippen molar-refractivity contribution in [3.8, 4) is 11.5 Å². The van der Waals surface area contributed by atoms with Crippen LogP contribution >= 0.6 is 0 Å². The lowest BCUT2D eigenvalue weighted by Crippen LogP contribution is -2.38. The van der Waals surface area contributed by atoms with E-state index in [9.17, 15) is 4.79 Å². The molecule has 2 aromatic rings. The first-order chi connectivity index (χ1) is 11.2. The van der Waals surface area contributed by atoms with Gasteiger partial charge < -0.3 is 9.32 Å². The van der Waals surface area contributed by atoms with Gasteiger partial charge in [-0.3, -0.25) is 4.79 Å². The first-order valence-corrected chi connectivity index (χ1v) is 8.40. The summed E-state index contributed by atoms with van der Waals surface area (Å²) in [6.07, 6.45) is 3.96. The molecule has 0 spiro atoms. The molecule has 0 N–H and O–H groups in total. The highest BCUT2D eigenvalue weighted by Gasteiger charge is 2.35. The van der Waals surface area contributed by atoms with E-state index in [1.54, 1.807) is 0 Å². The highest BCUT2D eigenvalue weighted by atomic mass is 16.4. The van der Waals surface area contributed by atoms with Crippen molar-refractivity contribution in [3.05, 3.63) is 35.7 Å². The van der Waals surface area contributed by atoms with Gasteiger partial charge in [0.25, 0.3) is 0 Å². The minimum absolute atomic E-state index is 0.268. The van der Waals surface area contributed by atoms with Gasteiger partial charge >= 0.3 is 0 Å². The molecule has 5 heteroatoms. The maximum atomic E-state index is 12.1. The number of carbonyl (C=O) groups excluding carboxylic acids is 1. The third-order valence-corrected chi connectivity index (χ3v) is 4.82. The number of nitrogens with zero attached hydrogens (tertiary/aromatic N) is 3. The molecule has 1 aromatic heterocycles. The summed E-state index contributed by atoms with van der Waals surface area (Å²) in [5, 5.41) is 8.42. The van der Waals surface area contributed by atoms with Gasteiger partial charge in [-0.1, -0.05) is 17.7 Å². The Labute approximate surface area is 135 Å². The van der Waals surface area contributed by atoms with Crippen LogP contribution in [0, 0.1) is 12.8 Å². The molecule has 2 aliphatic rings. The van der Waals surface area contributed by atoms with Crippen LogP contribution in [0.3, 0.4) is 0 Å². The van der Waals surface area contributed by atoms with Crippen molar-refractivity contribution in [1.29, 1.82) is 0 Å². The molecule has 120 valence electrons. The first kappa shape index (κ1) is 14.4. The van der Waals surface area contributed by atoms with Crippen LogP contribution < -0.4 is 0 Å². The van der Waals surface area contributed by atoms with Crippen molar-refractivity contribution in [2.75, 3.05) is 13.1 Å². The molecule has 1 aliphatic heterocycles. The Morgan fingerprint density at radius 3 is 2.43 bits per heavy atom. The molecule has 0 radical (unpaired) electrons.